The topological polar surface area (TPSA) is 40.5 Å². The van der Waals surface area contributed by atoms with E-state index in [2.05, 4.69) is 15.9 Å². The van der Waals surface area contributed by atoms with E-state index < -0.39 is 7.12 Å². The number of benzene rings is 1. The molecule has 2 nitrogen and oxygen atoms in total. The van der Waals surface area contributed by atoms with Crippen molar-refractivity contribution in [3.05, 3.63) is 28.2 Å². The molecule has 1 aromatic carbocycles. The Morgan fingerprint density at radius 1 is 1.31 bits per heavy atom. The van der Waals surface area contributed by atoms with Crippen LogP contribution in [0.5, 0.6) is 0 Å². The maximum absolute atomic E-state index is 9.19. The predicted octanol–water partition coefficient (Wildman–Crippen LogP) is 1.01. The molecular weight excluding hydrogens is 231 g/mol. The minimum atomic E-state index is -1.37. The Balaban J connectivity index is 2.47. The van der Waals surface area contributed by atoms with Gasteiger partial charge in [0.25, 0.3) is 0 Å². The molecule has 0 bridgehead atoms. The quantitative estimate of drug-likeness (QED) is 0.758. The fourth-order valence-electron chi connectivity index (χ4n) is 1.58. The molecule has 1 saturated carbocycles. The van der Waals surface area contributed by atoms with E-state index in [1.165, 1.54) is 0 Å². The highest BCUT2D eigenvalue weighted by atomic mass is 79.9. The Hall–Kier alpha value is -0.315. The van der Waals surface area contributed by atoms with E-state index in [9.17, 15) is 10.0 Å². The van der Waals surface area contributed by atoms with Gasteiger partial charge < -0.3 is 10.0 Å². The zero-order chi connectivity index (χ0) is 9.42. The number of hydrogen-bond donors (Lipinski definition) is 2. The summed E-state index contributed by atoms with van der Waals surface area (Å²) in [4.78, 5) is 0. The fraction of sp³-hybridized carbons (Fsp3) is 0.333. The Bertz CT molecular complexity index is 323. The SMILES string of the molecule is OB(O)c1c(Br)cccc1C1CC1. The van der Waals surface area contributed by atoms with Gasteiger partial charge in [-0.15, -0.1) is 0 Å². The first-order valence-corrected chi connectivity index (χ1v) is 5.14. The molecule has 2 N–H and O–H groups in total. The summed E-state index contributed by atoms with van der Waals surface area (Å²) in [5.41, 5.74) is 1.70. The average Bonchev–Trinajstić information content (AvgIpc) is 2.85. The van der Waals surface area contributed by atoms with Crippen LogP contribution in [0.2, 0.25) is 0 Å². The molecule has 4 heteroatoms. The second kappa shape index (κ2) is 3.44. The predicted molar refractivity (Wildman–Crippen MR) is 55.9 cm³/mol. The summed E-state index contributed by atoms with van der Waals surface area (Å²) in [6.07, 6.45) is 2.33. The van der Waals surface area contributed by atoms with Crippen LogP contribution in [0, 0.1) is 0 Å². The molecule has 1 aliphatic carbocycles. The maximum Gasteiger partial charge on any atom is 0.489 e. The molecule has 0 amide bonds. The molecule has 0 aliphatic heterocycles. The van der Waals surface area contributed by atoms with Gasteiger partial charge in [0, 0.05) is 4.47 Å². The molecule has 13 heavy (non-hydrogen) atoms. The molecule has 0 aromatic heterocycles. The Kier molecular flexibility index (Phi) is 2.45. The molecule has 0 atom stereocenters. The largest absolute Gasteiger partial charge is 0.489 e. The zero-order valence-corrected chi connectivity index (χ0v) is 8.66. The molecule has 0 spiro atoms. The molecule has 1 aliphatic rings. The number of hydrogen-bond acceptors (Lipinski definition) is 2. The summed E-state index contributed by atoms with van der Waals surface area (Å²) >= 11 is 3.32. The fourth-order valence-corrected chi connectivity index (χ4v) is 2.16. The van der Waals surface area contributed by atoms with Crippen LogP contribution in [0.3, 0.4) is 0 Å². The van der Waals surface area contributed by atoms with Gasteiger partial charge in [-0.3, -0.25) is 0 Å². The summed E-state index contributed by atoms with van der Waals surface area (Å²) < 4.78 is 0.784. The highest BCUT2D eigenvalue weighted by Gasteiger charge is 2.30. The van der Waals surface area contributed by atoms with Crippen molar-refractivity contribution in [2.75, 3.05) is 0 Å². The van der Waals surface area contributed by atoms with Crippen LogP contribution in [0.25, 0.3) is 0 Å². The van der Waals surface area contributed by atoms with Crippen molar-refractivity contribution in [2.24, 2.45) is 0 Å². The molecule has 1 fully saturated rings. The van der Waals surface area contributed by atoms with E-state index in [-0.39, 0.29) is 0 Å². The minimum absolute atomic E-state index is 0.536. The molecule has 1 aromatic rings. The second-order valence-corrected chi connectivity index (χ2v) is 4.25. The standard InChI is InChI=1S/C9H10BBrO2/c11-8-3-1-2-7(6-4-5-6)9(8)10(12)13/h1-3,6,12-13H,4-5H2. The van der Waals surface area contributed by atoms with Crippen molar-refractivity contribution in [3.63, 3.8) is 0 Å². The summed E-state index contributed by atoms with van der Waals surface area (Å²) in [7, 11) is -1.37. The molecule has 0 radical (unpaired) electrons. The van der Waals surface area contributed by atoms with Crippen molar-refractivity contribution in [2.45, 2.75) is 18.8 Å². The molecule has 0 unspecified atom stereocenters. The molecule has 0 saturated heterocycles. The van der Waals surface area contributed by atoms with Crippen LogP contribution in [0.1, 0.15) is 24.3 Å². The highest BCUT2D eigenvalue weighted by molar-refractivity contribution is 9.10. The van der Waals surface area contributed by atoms with Crippen LogP contribution in [-0.2, 0) is 0 Å². The van der Waals surface area contributed by atoms with Gasteiger partial charge >= 0.3 is 7.12 Å². The molecule has 2 rings (SSSR count). The van der Waals surface area contributed by atoms with Gasteiger partial charge in [0.15, 0.2) is 0 Å². The zero-order valence-electron chi connectivity index (χ0n) is 7.07. The lowest BCUT2D eigenvalue weighted by Crippen LogP contribution is -2.34. The Labute approximate surface area is 85.9 Å². The minimum Gasteiger partial charge on any atom is -0.423 e. The van der Waals surface area contributed by atoms with Crippen molar-refractivity contribution in [1.29, 1.82) is 0 Å². The van der Waals surface area contributed by atoms with Gasteiger partial charge in [0.05, 0.1) is 0 Å². The highest BCUT2D eigenvalue weighted by Crippen LogP contribution is 2.39. The summed E-state index contributed by atoms with van der Waals surface area (Å²) in [6, 6.07) is 5.74. The average molecular weight is 241 g/mol. The summed E-state index contributed by atoms with van der Waals surface area (Å²) in [6.45, 7) is 0. The van der Waals surface area contributed by atoms with Crippen LogP contribution in [0.4, 0.5) is 0 Å². The first-order valence-electron chi connectivity index (χ1n) is 4.34. The first-order chi connectivity index (χ1) is 6.20. The van der Waals surface area contributed by atoms with Gasteiger partial charge in [-0.2, -0.15) is 0 Å². The number of halogens is 1. The molecule has 0 heterocycles. The van der Waals surface area contributed by atoms with E-state index in [1.54, 1.807) is 0 Å². The van der Waals surface area contributed by atoms with Crippen molar-refractivity contribution in [3.8, 4) is 0 Å². The third kappa shape index (κ3) is 1.80. The van der Waals surface area contributed by atoms with Gasteiger partial charge in [-0.1, -0.05) is 28.1 Å². The normalized spacial score (nSPS) is 15.9. The molecule has 68 valence electrons. The third-order valence-corrected chi connectivity index (χ3v) is 3.05. The van der Waals surface area contributed by atoms with Gasteiger partial charge in [0.1, 0.15) is 0 Å². The lowest BCUT2D eigenvalue weighted by atomic mass is 9.76. The van der Waals surface area contributed by atoms with Crippen LogP contribution in [-0.4, -0.2) is 17.2 Å². The van der Waals surface area contributed by atoms with Crippen LogP contribution < -0.4 is 5.46 Å². The lowest BCUT2D eigenvalue weighted by Gasteiger charge is -2.09. The Morgan fingerprint density at radius 2 is 2.00 bits per heavy atom. The smallest absolute Gasteiger partial charge is 0.423 e. The Morgan fingerprint density at radius 3 is 2.54 bits per heavy atom. The van der Waals surface area contributed by atoms with Gasteiger partial charge in [-0.25, -0.2) is 0 Å². The van der Waals surface area contributed by atoms with Crippen LogP contribution in [0.15, 0.2) is 22.7 Å². The van der Waals surface area contributed by atoms with E-state index in [0.717, 1.165) is 22.9 Å². The maximum atomic E-state index is 9.19. The van der Waals surface area contributed by atoms with Crippen molar-refractivity contribution >= 4 is 28.5 Å². The summed E-state index contributed by atoms with van der Waals surface area (Å²) in [5.74, 6) is 0.536. The lowest BCUT2D eigenvalue weighted by molar-refractivity contribution is 0.425. The third-order valence-electron chi connectivity index (χ3n) is 2.36. The van der Waals surface area contributed by atoms with E-state index in [0.29, 0.717) is 11.4 Å². The van der Waals surface area contributed by atoms with Crippen molar-refractivity contribution < 1.29 is 10.0 Å². The van der Waals surface area contributed by atoms with Gasteiger partial charge in [-0.05, 0) is 35.9 Å². The number of rotatable bonds is 2. The van der Waals surface area contributed by atoms with E-state index in [4.69, 9.17) is 0 Å². The van der Waals surface area contributed by atoms with E-state index >= 15 is 0 Å². The van der Waals surface area contributed by atoms with Crippen molar-refractivity contribution in [1.82, 2.24) is 0 Å². The first kappa shape index (κ1) is 9.25. The van der Waals surface area contributed by atoms with Gasteiger partial charge in [0.2, 0.25) is 0 Å². The van der Waals surface area contributed by atoms with E-state index in [1.807, 2.05) is 18.2 Å². The summed E-state index contributed by atoms with van der Waals surface area (Å²) in [5, 5.41) is 18.4. The van der Waals surface area contributed by atoms with Crippen LogP contribution >= 0.6 is 15.9 Å². The second-order valence-electron chi connectivity index (χ2n) is 3.39. The molecular formula is C9H10BBrO2. The monoisotopic (exact) mass is 240 g/mol.